The number of hydrogen-bond acceptors (Lipinski definition) is 6. The van der Waals surface area contributed by atoms with Gasteiger partial charge in [0.25, 0.3) is 0 Å². The fraction of sp³-hybridized carbons (Fsp3) is 0.636. The maximum Gasteiger partial charge on any atom is 0.330 e. The van der Waals surface area contributed by atoms with Crippen molar-refractivity contribution in [3.63, 3.8) is 0 Å². The molecule has 1 aliphatic carbocycles. The van der Waals surface area contributed by atoms with E-state index in [2.05, 4.69) is 16.0 Å². The van der Waals surface area contributed by atoms with Crippen molar-refractivity contribution in [3.8, 4) is 0 Å². The molecule has 0 radical (unpaired) electrons. The third-order valence-electron chi connectivity index (χ3n) is 9.87. The lowest BCUT2D eigenvalue weighted by molar-refractivity contribution is -0.145. The van der Waals surface area contributed by atoms with Crippen LogP contribution in [0.1, 0.15) is 77.7 Å². The van der Waals surface area contributed by atoms with Crippen LogP contribution in [0.15, 0.2) is 41.3 Å². The summed E-state index contributed by atoms with van der Waals surface area (Å²) < 4.78 is 28.3. The molecule has 4 amide bonds. The molecule has 4 N–H and O–H groups in total. The van der Waals surface area contributed by atoms with Crippen molar-refractivity contribution in [2.45, 2.75) is 107 Å². The molecule has 3 aliphatic heterocycles. The molecule has 12 nitrogen and oxygen atoms in total. The van der Waals surface area contributed by atoms with Gasteiger partial charge < -0.3 is 26.0 Å². The molecular weight excluding hydrogens is 610 g/mol. The minimum atomic E-state index is -3.75. The number of carboxylic acids is 1. The number of nitrogens with zero attached hydrogens (tertiary/aromatic N) is 2. The van der Waals surface area contributed by atoms with E-state index >= 15 is 0 Å². The molecule has 0 bridgehead atoms. The summed E-state index contributed by atoms with van der Waals surface area (Å²) in [6, 6.07) is 4.08. The highest BCUT2D eigenvalue weighted by molar-refractivity contribution is 7.89. The minimum absolute atomic E-state index is 0.0699. The molecule has 2 fully saturated rings. The van der Waals surface area contributed by atoms with E-state index in [4.69, 9.17) is 0 Å². The number of carbonyl (C=O) groups excluding carboxylic acids is 3. The van der Waals surface area contributed by atoms with Gasteiger partial charge in [-0.05, 0) is 62.0 Å². The summed E-state index contributed by atoms with van der Waals surface area (Å²) in [4.78, 5) is 54.8. The van der Waals surface area contributed by atoms with Crippen molar-refractivity contribution >= 4 is 33.8 Å². The number of sulfonamides is 1. The summed E-state index contributed by atoms with van der Waals surface area (Å²) in [6.45, 7) is 6.48. The van der Waals surface area contributed by atoms with Crippen molar-refractivity contribution in [2.75, 3.05) is 19.6 Å². The van der Waals surface area contributed by atoms with E-state index in [-0.39, 0.29) is 23.3 Å². The molecule has 0 aromatic heterocycles. The van der Waals surface area contributed by atoms with Crippen LogP contribution in [0.3, 0.4) is 0 Å². The van der Waals surface area contributed by atoms with Crippen molar-refractivity contribution < 1.29 is 32.7 Å². The number of amides is 4. The Kier molecular flexibility index (Phi) is 9.84. The summed E-state index contributed by atoms with van der Waals surface area (Å²) in [7, 11) is -3.75. The van der Waals surface area contributed by atoms with Crippen molar-refractivity contribution in [2.24, 2.45) is 11.3 Å². The van der Waals surface area contributed by atoms with E-state index in [9.17, 15) is 32.7 Å². The highest BCUT2D eigenvalue weighted by Crippen LogP contribution is 2.45. The number of fused-ring (bicyclic) bond motifs is 3. The predicted octanol–water partition coefficient (Wildman–Crippen LogP) is 2.79. The van der Waals surface area contributed by atoms with Gasteiger partial charge in [0.1, 0.15) is 17.6 Å². The van der Waals surface area contributed by atoms with E-state index < -0.39 is 57.0 Å². The molecule has 252 valence electrons. The van der Waals surface area contributed by atoms with Gasteiger partial charge in [0, 0.05) is 31.6 Å². The lowest BCUT2D eigenvalue weighted by Gasteiger charge is -2.37. The molecule has 1 saturated heterocycles. The largest absolute Gasteiger partial charge is 0.479 e. The number of benzene rings is 1. The summed E-state index contributed by atoms with van der Waals surface area (Å²) in [5.41, 5.74) is -1.09. The maximum atomic E-state index is 13.9. The van der Waals surface area contributed by atoms with Crippen LogP contribution in [0.4, 0.5) is 4.79 Å². The van der Waals surface area contributed by atoms with Crippen LogP contribution < -0.4 is 16.0 Å². The van der Waals surface area contributed by atoms with E-state index in [1.54, 1.807) is 12.1 Å². The lowest BCUT2D eigenvalue weighted by Crippen LogP contribution is -2.59. The van der Waals surface area contributed by atoms with Gasteiger partial charge in [0.2, 0.25) is 21.8 Å². The Morgan fingerprint density at radius 1 is 1.09 bits per heavy atom. The molecule has 3 unspecified atom stereocenters. The normalized spacial score (nSPS) is 29.9. The number of allylic oxidation sites excluding steroid dienone is 1. The lowest BCUT2D eigenvalue weighted by atomic mass is 9.86. The van der Waals surface area contributed by atoms with Crippen molar-refractivity contribution in [3.05, 3.63) is 42.0 Å². The first-order valence-electron chi connectivity index (χ1n) is 16.4. The number of nitrogens with one attached hydrogen (secondary N) is 3. The van der Waals surface area contributed by atoms with E-state index in [1.807, 2.05) is 45.1 Å². The average molecular weight is 658 g/mol. The molecule has 1 aromatic rings. The second kappa shape index (κ2) is 13.3. The van der Waals surface area contributed by atoms with Gasteiger partial charge in [-0.1, -0.05) is 64.0 Å². The molecule has 1 saturated carbocycles. The molecule has 5 rings (SSSR count). The van der Waals surface area contributed by atoms with E-state index in [0.717, 1.165) is 24.8 Å². The van der Waals surface area contributed by atoms with Crippen LogP contribution in [0.5, 0.6) is 0 Å². The van der Waals surface area contributed by atoms with E-state index in [1.165, 1.54) is 9.21 Å². The van der Waals surface area contributed by atoms with E-state index in [0.29, 0.717) is 51.6 Å². The number of carboxylic acid groups (broad SMARTS) is 1. The highest BCUT2D eigenvalue weighted by atomic mass is 32.2. The second-order valence-electron chi connectivity index (χ2n) is 14.1. The topological polar surface area (TPSA) is 165 Å². The molecular formula is C33H47N5O7S. The van der Waals surface area contributed by atoms with Crippen LogP contribution in [-0.4, -0.2) is 89.8 Å². The van der Waals surface area contributed by atoms with Gasteiger partial charge in [-0.3, -0.25) is 9.59 Å². The summed E-state index contributed by atoms with van der Waals surface area (Å²) in [5, 5.41) is 18.5. The van der Waals surface area contributed by atoms with Gasteiger partial charge in [-0.25, -0.2) is 18.0 Å². The highest BCUT2D eigenvalue weighted by Gasteiger charge is 2.61. The smallest absolute Gasteiger partial charge is 0.330 e. The Labute approximate surface area is 271 Å². The number of hydrogen-bond donors (Lipinski definition) is 4. The summed E-state index contributed by atoms with van der Waals surface area (Å²) >= 11 is 0. The van der Waals surface area contributed by atoms with Gasteiger partial charge in [-0.2, -0.15) is 4.31 Å². The molecule has 1 aromatic carbocycles. The molecule has 5 atom stereocenters. The minimum Gasteiger partial charge on any atom is -0.479 e. The zero-order valence-electron chi connectivity index (χ0n) is 27.0. The standard InChI is InChI=1S/C33H47N5O7S/c1-32(2,3)27(21-37-19-17-22-12-9-10-16-26(22)46(37,44)45)35-31(43)34-24-14-8-6-4-5-7-13-23-20-33(23,30(41)42)36-28(39)25-15-11-18-38(25)29(24)40/h7,9-10,12-13,16,23-25,27H,4-6,8,11,14-15,17-21H2,1-3H3,(H,36,39)(H,41,42)(H2,34,35,43)/b13-7-/t23?,24-,25-,27?,33?/m0/s1. The van der Waals surface area contributed by atoms with Gasteiger partial charge in [0.05, 0.1) is 4.90 Å². The third kappa shape index (κ3) is 7.10. The number of urea groups is 1. The average Bonchev–Trinajstić information content (AvgIpc) is 3.46. The first kappa shape index (κ1) is 33.9. The Bertz CT molecular complexity index is 1490. The SMILES string of the molecule is CC(C)(C)C(CN1CCc2ccccc2S1(=O)=O)NC(=O)N[C@H]1CCCCC/C=C\C2CC2(C(=O)O)NC(=O)[C@@H]2CCCN2C1=O. The first-order chi connectivity index (χ1) is 21.7. The van der Waals surface area contributed by atoms with Crippen LogP contribution in [0, 0.1) is 11.3 Å². The van der Waals surface area contributed by atoms with Crippen molar-refractivity contribution in [1.82, 2.24) is 25.2 Å². The molecule has 4 aliphatic rings. The van der Waals surface area contributed by atoms with Gasteiger partial charge >= 0.3 is 12.0 Å². The monoisotopic (exact) mass is 657 g/mol. The zero-order chi connectivity index (χ0) is 33.3. The molecule has 0 spiro atoms. The maximum absolute atomic E-state index is 13.9. The number of aliphatic carboxylic acids is 1. The Morgan fingerprint density at radius 3 is 2.59 bits per heavy atom. The van der Waals surface area contributed by atoms with Gasteiger partial charge in [0.15, 0.2) is 0 Å². The Balaban J connectivity index is 1.30. The molecule has 46 heavy (non-hydrogen) atoms. The molecule has 13 heteroatoms. The van der Waals surface area contributed by atoms with Crippen LogP contribution in [-0.2, 0) is 30.8 Å². The fourth-order valence-electron chi connectivity index (χ4n) is 6.83. The number of rotatable bonds is 5. The Morgan fingerprint density at radius 2 is 1.85 bits per heavy atom. The van der Waals surface area contributed by atoms with Crippen LogP contribution in [0.25, 0.3) is 0 Å². The first-order valence-corrected chi connectivity index (χ1v) is 17.9. The zero-order valence-corrected chi connectivity index (χ0v) is 27.8. The van der Waals surface area contributed by atoms with Crippen molar-refractivity contribution in [1.29, 1.82) is 0 Å². The summed E-state index contributed by atoms with van der Waals surface area (Å²) in [5.74, 6) is -2.23. The number of carbonyl (C=O) groups is 4. The molecule has 3 heterocycles. The second-order valence-corrected chi connectivity index (χ2v) is 16.0. The fourth-order valence-corrected chi connectivity index (χ4v) is 8.54. The third-order valence-corrected chi connectivity index (χ3v) is 11.8. The van der Waals surface area contributed by atoms with Crippen LogP contribution in [0.2, 0.25) is 0 Å². The van der Waals surface area contributed by atoms with Crippen LogP contribution >= 0.6 is 0 Å². The quantitative estimate of drug-likeness (QED) is 0.354. The summed E-state index contributed by atoms with van der Waals surface area (Å²) in [6.07, 6.45) is 9.17. The van der Waals surface area contributed by atoms with Gasteiger partial charge in [-0.15, -0.1) is 0 Å². The Hall–Kier alpha value is -3.45. The predicted molar refractivity (Wildman–Crippen MR) is 171 cm³/mol.